The van der Waals surface area contributed by atoms with Gasteiger partial charge in [0, 0.05) is 7.97 Å². The van der Waals surface area contributed by atoms with Crippen molar-refractivity contribution in [3.63, 3.8) is 0 Å². The van der Waals surface area contributed by atoms with Gasteiger partial charge in [-0.25, -0.2) is 0 Å². The molecule has 1 rings (SSSR count). The number of hydrogen-bond donors (Lipinski definition) is 2. The van der Waals surface area contributed by atoms with Crippen molar-refractivity contribution in [2.24, 2.45) is 0 Å². The Kier molecular flexibility index (Phi) is 8.57. The highest BCUT2D eigenvalue weighted by molar-refractivity contribution is 5.76. The Morgan fingerprint density at radius 3 is 2.86 bits per heavy atom. The Balaban J connectivity index is 0. The van der Waals surface area contributed by atoms with Gasteiger partial charge in [0.15, 0.2) is 0 Å². The number of likely N-dealkylation sites (N-methyl/N-ethyl adjacent to an activating group) is 1. The molecular formula is C10H24N2O2. The highest BCUT2D eigenvalue weighted by atomic mass is 16.5. The molecule has 0 radical (unpaired) electrons. The minimum Gasteiger partial charge on any atom is -0.463 e. The summed E-state index contributed by atoms with van der Waals surface area (Å²) in [7, 11) is 1.83. The number of esters is 1. The summed E-state index contributed by atoms with van der Waals surface area (Å²) in [6, 6.07) is -0.0538. The zero-order valence-corrected chi connectivity index (χ0v) is 9.43. The Morgan fingerprint density at radius 2 is 2.36 bits per heavy atom. The van der Waals surface area contributed by atoms with Crippen LogP contribution in [0.2, 0.25) is 0 Å². The average molecular weight is 204 g/mol. The molecule has 1 fully saturated rings. The summed E-state index contributed by atoms with van der Waals surface area (Å²) in [4.78, 5) is 11.2. The second-order valence-electron chi connectivity index (χ2n) is 2.92. The van der Waals surface area contributed by atoms with Gasteiger partial charge in [-0.05, 0) is 26.4 Å². The number of carbonyl (C=O) groups is 1. The number of carbonyl (C=O) groups excluding carboxylic acids is 1. The van der Waals surface area contributed by atoms with E-state index in [9.17, 15) is 4.79 Å². The third-order valence-corrected chi connectivity index (χ3v) is 1.94. The predicted molar refractivity (Wildman–Crippen MR) is 59.4 cm³/mol. The molecule has 0 bridgehead atoms. The van der Waals surface area contributed by atoms with Crippen LogP contribution < -0.4 is 10.6 Å². The quantitative estimate of drug-likeness (QED) is 0.525. The van der Waals surface area contributed by atoms with Crippen molar-refractivity contribution >= 4 is 5.97 Å². The van der Waals surface area contributed by atoms with Gasteiger partial charge in [0.1, 0.15) is 12.6 Å². The molecule has 14 heavy (non-hydrogen) atoms. The van der Waals surface area contributed by atoms with Crippen LogP contribution >= 0.6 is 0 Å². The Labute approximate surface area is 87.9 Å². The first-order chi connectivity index (χ1) is 6.84. The summed E-state index contributed by atoms with van der Waals surface area (Å²) < 4.78 is 5.00. The van der Waals surface area contributed by atoms with Crippen molar-refractivity contribution in [2.45, 2.75) is 32.7 Å². The minimum absolute atomic E-state index is 0. The van der Waals surface area contributed by atoms with Crippen LogP contribution in [0.5, 0.6) is 0 Å². The topological polar surface area (TPSA) is 50.4 Å². The molecule has 0 aromatic heterocycles. The van der Waals surface area contributed by atoms with Gasteiger partial charge in [-0.3, -0.25) is 4.79 Å². The smallest absolute Gasteiger partial charge is 0.323 e. The van der Waals surface area contributed by atoms with Crippen molar-refractivity contribution in [1.82, 2.24) is 10.6 Å². The molecule has 1 atom stereocenters. The summed E-state index contributed by atoms with van der Waals surface area (Å²) in [6.45, 7) is 6.12. The Bertz CT molecular complexity index is 150. The summed E-state index contributed by atoms with van der Waals surface area (Å²) in [5, 5.41) is 6.00. The van der Waals surface area contributed by atoms with E-state index in [1.807, 2.05) is 20.9 Å². The average Bonchev–Trinajstić information content (AvgIpc) is 2.74. The molecule has 86 valence electrons. The second-order valence-corrected chi connectivity index (χ2v) is 2.92. The normalized spacial score (nSPS) is 19.8. The van der Waals surface area contributed by atoms with Gasteiger partial charge in [-0.1, -0.05) is 13.8 Å². The van der Waals surface area contributed by atoms with Gasteiger partial charge in [0.2, 0.25) is 0 Å². The van der Waals surface area contributed by atoms with Crippen LogP contribution in [0.1, 0.15) is 28.1 Å². The molecule has 0 amide bonds. The van der Waals surface area contributed by atoms with Gasteiger partial charge in [0.05, 0.1) is 0 Å². The first-order valence-electron chi connectivity index (χ1n) is 5.39. The molecule has 0 aromatic carbocycles. The predicted octanol–water partition coefficient (Wildman–Crippen LogP) is 0.773. The van der Waals surface area contributed by atoms with Crippen LogP contribution in [-0.4, -0.2) is 38.8 Å². The van der Waals surface area contributed by atoms with Gasteiger partial charge in [0.25, 0.3) is 0 Å². The lowest BCUT2D eigenvalue weighted by molar-refractivity contribution is -0.145. The molecule has 0 aromatic rings. The molecule has 0 spiro atoms. The van der Waals surface area contributed by atoms with Crippen molar-refractivity contribution in [3.05, 3.63) is 0 Å². The van der Waals surface area contributed by atoms with Crippen LogP contribution in [0.25, 0.3) is 0 Å². The third-order valence-electron chi connectivity index (χ3n) is 1.94. The molecule has 1 aliphatic rings. The highest BCUT2D eigenvalue weighted by Crippen LogP contribution is 2.05. The third kappa shape index (κ3) is 5.19. The molecule has 0 unspecified atom stereocenters. The van der Waals surface area contributed by atoms with Crippen LogP contribution in [-0.2, 0) is 9.53 Å². The summed E-state index contributed by atoms with van der Waals surface area (Å²) in [5.41, 5.74) is 0. The van der Waals surface area contributed by atoms with E-state index in [0.29, 0.717) is 6.61 Å². The molecule has 0 aliphatic carbocycles. The number of rotatable bonds is 4. The van der Waals surface area contributed by atoms with Crippen LogP contribution in [0.3, 0.4) is 0 Å². The maximum Gasteiger partial charge on any atom is 0.323 e. The van der Waals surface area contributed by atoms with Crippen LogP contribution in [0.15, 0.2) is 0 Å². The SMILES string of the molecule is CC.CNCCOC(=O)[C@@H]1CCCN1.[HH]. The van der Waals surface area contributed by atoms with E-state index in [-0.39, 0.29) is 13.4 Å². The van der Waals surface area contributed by atoms with E-state index in [1.54, 1.807) is 0 Å². The van der Waals surface area contributed by atoms with Crippen molar-refractivity contribution in [1.29, 1.82) is 0 Å². The van der Waals surface area contributed by atoms with Crippen LogP contribution in [0.4, 0.5) is 0 Å². The molecular weight excluding hydrogens is 180 g/mol. The standard InChI is InChI=1S/C8H16N2O2.C2H6.H2/c1-9-5-6-12-8(11)7-3-2-4-10-7;1-2;/h7,9-10H,2-6H2,1H3;1-2H3;1H/t7-;;/m0../s1. The maximum absolute atomic E-state index is 11.2. The molecule has 1 saturated heterocycles. The van der Waals surface area contributed by atoms with Crippen molar-refractivity contribution < 1.29 is 11.0 Å². The molecule has 1 aliphatic heterocycles. The number of ether oxygens (including phenoxy) is 1. The van der Waals surface area contributed by atoms with Gasteiger partial charge in [-0.2, -0.15) is 0 Å². The van der Waals surface area contributed by atoms with Gasteiger partial charge < -0.3 is 15.4 Å². The molecule has 4 heteroatoms. The molecule has 0 saturated carbocycles. The largest absolute Gasteiger partial charge is 0.463 e. The minimum atomic E-state index is -0.109. The van der Waals surface area contributed by atoms with E-state index >= 15 is 0 Å². The first kappa shape index (κ1) is 13.4. The van der Waals surface area contributed by atoms with E-state index in [4.69, 9.17) is 4.74 Å². The number of hydrogen-bond acceptors (Lipinski definition) is 4. The van der Waals surface area contributed by atoms with Gasteiger partial charge >= 0.3 is 5.97 Å². The lowest BCUT2D eigenvalue weighted by atomic mass is 10.2. The van der Waals surface area contributed by atoms with E-state index in [2.05, 4.69) is 10.6 Å². The summed E-state index contributed by atoms with van der Waals surface area (Å²) in [5.74, 6) is -0.109. The fourth-order valence-corrected chi connectivity index (χ4v) is 1.24. The summed E-state index contributed by atoms with van der Waals surface area (Å²) >= 11 is 0. The second kappa shape index (κ2) is 8.97. The Morgan fingerprint density at radius 1 is 1.64 bits per heavy atom. The maximum atomic E-state index is 11.2. The van der Waals surface area contributed by atoms with E-state index in [1.165, 1.54) is 0 Å². The lowest BCUT2D eigenvalue weighted by Crippen LogP contribution is -2.33. The van der Waals surface area contributed by atoms with Gasteiger partial charge in [-0.15, -0.1) is 0 Å². The first-order valence-corrected chi connectivity index (χ1v) is 5.39. The molecule has 4 nitrogen and oxygen atoms in total. The van der Waals surface area contributed by atoms with E-state index in [0.717, 1.165) is 25.9 Å². The Hall–Kier alpha value is -0.610. The lowest BCUT2D eigenvalue weighted by Gasteiger charge is -2.09. The molecule has 1 heterocycles. The van der Waals surface area contributed by atoms with E-state index < -0.39 is 0 Å². The molecule has 2 N–H and O–H groups in total. The van der Waals surface area contributed by atoms with Crippen molar-refractivity contribution in [3.8, 4) is 0 Å². The zero-order valence-electron chi connectivity index (χ0n) is 9.43. The fraction of sp³-hybridized carbons (Fsp3) is 0.900. The van der Waals surface area contributed by atoms with Crippen molar-refractivity contribution in [2.75, 3.05) is 26.7 Å². The van der Waals surface area contributed by atoms with Crippen LogP contribution in [0, 0.1) is 0 Å². The fourth-order valence-electron chi connectivity index (χ4n) is 1.24. The summed E-state index contributed by atoms with van der Waals surface area (Å²) in [6.07, 6.45) is 1.99. The monoisotopic (exact) mass is 204 g/mol. The highest BCUT2D eigenvalue weighted by Gasteiger charge is 2.22. The number of nitrogens with one attached hydrogen (secondary N) is 2. The zero-order chi connectivity index (χ0) is 10.8.